The van der Waals surface area contributed by atoms with Gasteiger partial charge in [-0.2, -0.15) is 10.5 Å². The molecule has 124 valence electrons. The van der Waals surface area contributed by atoms with Crippen LogP contribution in [0.1, 0.15) is 44.1 Å². The number of halogens is 1. The summed E-state index contributed by atoms with van der Waals surface area (Å²) in [6.45, 7) is 0. The zero-order chi connectivity index (χ0) is 17.4. The Labute approximate surface area is 141 Å². The van der Waals surface area contributed by atoms with Crippen molar-refractivity contribution in [2.24, 2.45) is 11.8 Å². The van der Waals surface area contributed by atoms with E-state index in [0.29, 0.717) is 5.92 Å². The molecule has 0 radical (unpaired) electrons. The van der Waals surface area contributed by atoms with Crippen molar-refractivity contribution in [1.29, 1.82) is 10.5 Å². The molecule has 1 aliphatic rings. The highest BCUT2D eigenvalue weighted by Crippen LogP contribution is 2.32. The predicted molar refractivity (Wildman–Crippen MR) is 86.2 cm³/mol. The number of ether oxygens (including phenoxy) is 1. The molecule has 0 amide bonds. The summed E-state index contributed by atoms with van der Waals surface area (Å²) in [6, 6.07) is 7.53. The van der Waals surface area contributed by atoms with Gasteiger partial charge in [0.15, 0.2) is 0 Å². The molecule has 4 nitrogen and oxygen atoms in total. The average Bonchev–Trinajstić information content (AvgIpc) is 2.59. The molecule has 0 saturated heterocycles. The number of carbonyl (C=O) groups excluding carboxylic acids is 1. The lowest BCUT2D eigenvalue weighted by Crippen LogP contribution is -2.25. The molecule has 0 N–H and O–H groups in total. The number of rotatable bonds is 5. The van der Waals surface area contributed by atoms with Crippen LogP contribution in [0.5, 0.6) is 5.75 Å². The summed E-state index contributed by atoms with van der Waals surface area (Å²) >= 11 is 0. The van der Waals surface area contributed by atoms with Gasteiger partial charge in [0.2, 0.25) is 0 Å². The highest BCUT2D eigenvalue weighted by molar-refractivity contribution is 5.75. The maximum absolute atomic E-state index is 13.5. The molecule has 1 aromatic carbocycles. The van der Waals surface area contributed by atoms with Crippen molar-refractivity contribution < 1.29 is 13.9 Å². The largest absolute Gasteiger partial charge is 0.426 e. The van der Waals surface area contributed by atoms with Gasteiger partial charge in [0, 0.05) is 12.1 Å². The normalized spacial score (nSPS) is 20.3. The molecule has 24 heavy (non-hydrogen) atoms. The molecular weight excluding hydrogens is 307 g/mol. The average molecular weight is 326 g/mol. The van der Waals surface area contributed by atoms with Crippen molar-refractivity contribution in [3.05, 3.63) is 41.7 Å². The second-order valence-electron chi connectivity index (χ2n) is 6.00. The van der Waals surface area contributed by atoms with Crippen LogP contribution >= 0.6 is 0 Å². The van der Waals surface area contributed by atoms with E-state index < -0.39 is 5.82 Å². The quantitative estimate of drug-likeness (QED) is 0.460. The van der Waals surface area contributed by atoms with E-state index in [1.165, 1.54) is 18.2 Å². The Balaban J connectivity index is 1.81. The van der Waals surface area contributed by atoms with Gasteiger partial charge in [-0.1, -0.05) is 6.08 Å². The molecule has 2 rings (SSSR count). The first-order chi connectivity index (χ1) is 11.6. The molecule has 0 unspecified atom stereocenters. The first-order valence-corrected chi connectivity index (χ1v) is 8.10. The number of nitrogens with zero attached hydrogens (tertiary/aromatic N) is 2. The van der Waals surface area contributed by atoms with E-state index in [0.717, 1.165) is 44.6 Å². The van der Waals surface area contributed by atoms with Gasteiger partial charge in [0.05, 0.1) is 17.6 Å². The highest BCUT2D eigenvalue weighted by atomic mass is 19.1. The molecule has 0 heterocycles. The monoisotopic (exact) mass is 326 g/mol. The van der Waals surface area contributed by atoms with E-state index in [4.69, 9.17) is 15.3 Å². The van der Waals surface area contributed by atoms with Gasteiger partial charge < -0.3 is 4.74 Å². The molecule has 0 spiro atoms. The van der Waals surface area contributed by atoms with Crippen LogP contribution in [0.3, 0.4) is 0 Å². The van der Waals surface area contributed by atoms with Crippen molar-refractivity contribution >= 4 is 5.97 Å². The summed E-state index contributed by atoms with van der Waals surface area (Å²) < 4.78 is 18.8. The van der Waals surface area contributed by atoms with Crippen LogP contribution in [-0.4, -0.2) is 5.97 Å². The van der Waals surface area contributed by atoms with Gasteiger partial charge in [0.1, 0.15) is 17.6 Å². The van der Waals surface area contributed by atoms with Gasteiger partial charge in [0.25, 0.3) is 0 Å². The fourth-order valence-electron chi connectivity index (χ4n) is 3.00. The SMILES string of the molecule is N#CC=CCCC1CCC(C(=O)Oc2ccc(C#N)c(F)c2)CC1. The maximum atomic E-state index is 13.5. The van der Waals surface area contributed by atoms with Crippen molar-refractivity contribution in [3.8, 4) is 17.9 Å². The number of allylic oxidation sites excluding steroid dienone is 2. The zero-order valence-corrected chi connectivity index (χ0v) is 13.4. The Morgan fingerprint density at radius 3 is 2.67 bits per heavy atom. The van der Waals surface area contributed by atoms with Crippen LogP contribution in [0.2, 0.25) is 0 Å². The fourth-order valence-corrected chi connectivity index (χ4v) is 3.00. The summed E-state index contributed by atoms with van der Waals surface area (Å²) in [5.41, 5.74) is -0.0687. The molecule has 0 aromatic heterocycles. The lowest BCUT2D eigenvalue weighted by Gasteiger charge is -2.26. The van der Waals surface area contributed by atoms with Crippen molar-refractivity contribution in [1.82, 2.24) is 0 Å². The summed E-state index contributed by atoms with van der Waals surface area (Å²) in [5.74, 6) is -0.460. The topological polar surface area (TPSA) is 73.9 Å². The van der Waals surface area contributed by atoms with Crippen LogP contribution in [0, 0.1) is 40.3 Å². The molecular formula is C19H19FN2O2. The molecule has 0 bridgehead atoms. The molecule has 0 atom stereocenters. The Kier molecular flexibility index (Phi) is 6.51. The highest BCUT2D eigenvalue weighted by Gasteiger charge is 2.27. The van der Waals surface area contributed by atoms with Crippen LogP contribution in [0.15, 0.2) is 30.4 Å². The Morgan fingerprint density at radius 1 is 1.29 bits per heavy atom. The van der Waals surface area contributed by atoms with Gasteiger partial charge in [-0.15, -0.1) is 0 Å². The minimum Gasteiger partial charge on any atom is -0.426 e. The zero-order valence-electron chi connectivity index (χ0n) is 13.4. The van der Waals surface area contributed by atoms with Gasteiger partial charge >= 0.3 is 5.97 Å². The minimum atomic E-state index is -0.683. The molecule has 1 aromatic rings. The number of carbonyl (C=O) groups is 1. The summed E-state index contributed by atoms with van der Waals surface area (Å²) in [7, 11) is 0. The smallest absolute Gasteiger partial charge is 0.314 e. The number of hydrogen-bond acceptors (Lipinski definition) is 4. The Bertz CT molecular complexity index is 692. The van der Waals surface area contributed by atoms with Gasteiger partial charge in [-0.05, 0) is 56.6 Å². The van der Waals surface area contributed by atoms with Crippen molar-refractivity contribution in [2.75, 3.05) is 0 Å². The fraction of sp³-hybridized carbons (Fsp3) is 0.421. The number of nitriles is 2. The first-order valence-electron chi connectivity index (χ1n) is 8.10. The molecule has 0 aliphatic heterocycles. The molecule has 1 saturated carbocycles. The maximum Gasteiger partial charge on any atom is 0.314 e. The Morgan fingerprint density at radius 2 is 2.04 bits per heavy atom. The van der Waals surface area contributed by atoms with Crippen molar-refractivity contribution in [3.63, 3.8) is 0 Å². The first kappa shape index (κ1) is 17.7. The second-order valence-corrected chi connectivity index (χ2v) is 6.00. The summed E-state index contributed by atoms with van der Waals surface area (Å²) in [6.07, 6.45) is 8.75. The third-order valence-corrected chi connectivity index (χ3v) is 4.39. The third-order valence-electron chi connectivity index (χ3n) is 4.39. The lowest BCUT2D eigenvalue weighted by atomic mass is 9.80. The van der Waals surface area contributed by atoms with Crippen LogP contribution in [0.4, 0.5) is 4.39 Å². The van der Waals surface area contributed by atoms with E-state index in [-0.39, 0.29) is 23.2 Å². The van der Waals surface area contributed by atoms with Gasteiger partial charge in [-0.25, -0.2) is 4.39 Å². The van der Waals surface area contributed by atoms with Crippen LogP contribution in [0.25, 0.3) is 0 Å². The molecule has 5 heteroatoms. The van der Waals surface area contributed by atoms with E-state index in [2.05, 4.69) is 0 Å². The Hall–Kier alpha value is -2.66. The van der Waals surface area contributed by atoms with Gasteiger partial charge in [-0.3, -0.25) is 4.79 Å². The van der Waals surface area contributed by atoms with Crippen LogP contribution in [-0.2, 0) is 4.79 Å². The third kappa shape index (κ3) is 4.93. The number of benzene rings is 1. The van der Waals surface area contributed by atoms with E-state index in [1.54, 1.807) is 6.07 Å². The lowest BCUT2D eigenvalue weighted by molar-refractivity contribution is -0.140. The second kappa shape index (κ2) is 8.84. The van der Waals surface area contributed by atoms with Crippen molar-refractivity contribution in [2.45, 2.75) is 38.5 Å². The number of esters is 1. The minimum absolute atomic E-state index is 0.0687. The molecule has 1 fully saturated rings. The summed E-state index contributed by atoms with van der Waals surface area (Å²) in [5, 5.41) is 17.1. The van der Waals surface area contributed by atoms with E-state index in [9.17, 15) is 9.18 Å². The standard InChI is InChI=1S/C19H19FN2O2/c20-18-12-17(10-9-16(18)13-22)24-19(23)15-7-5-14(6-8-15)4-2-1-3-11-21/h1,3,9-10,12,14-15H,2,4-8H2. The summed E-state index contributed by atoms with van der Waals surface area (Å²) in [4.78, 5) is 12.2. The predicted octanol–water partition coefficient (Wildman–Crippen LogP) is 4.27. The number of hydrogen-bond donors (Lipinski definition) is 0. The van der Waals surface area contributed by atoms with E-state index in [1.807, 2.05) is 12.1 Å². The van der Waals surface area contributed by atoms with Crippen LogP contribution < -0.4 is 4.74 Å². The van der Waals surface area contributed by atoms with E-state index >= 15 is 0 Å². The molecule has 1 aliphatic carbocycles.